The molecule has 76 valence electrons. The summed E-state index contributed by atoms with van der Waals surface area (Å²) in [5, 5.41) is 8.73. The number of aliphatic hydroxyl groups is 1. The molecule has 0 heterocycles. The predicted molar refractivity (Wildman–Crippen MR) is 49.2 cm³/mol. The van der Waals surface area contributed by atoms with Gasteiger partial charge in [-0.3, -0.25) is 4.79 Å². The maximum Gasteiger partial charge on any atom is 0.311 e. The summed E-state index contributed by atoms with van der Waals surface area (Å²) in [6.07, 6.45) is 5.66. The highest BCUT2D eigenvalue weighted by atomic mass is 16.5. The van der Waals surface area contributed by atoms with E-state index in [0.717, 1.165) is 25.7 Å². The monoisotopic (exact) mass is 186 g/mol. The molecule has 0 amide bonds. The van der Waals surface area contributed by atoms with Crippen LogP contribution in [0.15, 0.2) is 0 Å². The average Bonchev–Trinajstić information content (AvgIpc) is 2.18. The van der Waals surface area contributed by atoms with E-state index in [0.29, 0.717) is 0 Å². The van der Waals surface area contributed by atoms with E-state index in [4.69, 9.17) is 9.84 Å². The van der Waals surface area contributed by atoms with E-state index in [1.807, 2.05) is 0 Å². The van der Waals surface area contributed by atoms with E-state index in [2.05, 4.69) is 0 Å². The summed E-state index contributed by atoms with van der Waals surface area (Å²) in [7, 11) is 0. The average molecular weight is 186 g/mol. The summed E-state index contributed by atoms with van der Waals surface area (Å²) in [5.41, 5.74) is 0. The fourth-order valence-corrected chi connectivity index (χ4v) is 1.54. The van der Waals surface area contributed by atoms with Crippen LogP contribution in [0.5, 0.6) is 0 Å². The van der Waals surface area contributed by atoms with Crippen LogP contribution in [-0.2, 0) is 9.53 Å². The van der Waals surface area contributed by atoms with Crippen molar-refractivity contribution in [3.63, 3.8) is 0 Å². The van der Waals surface area contributed by atoms with Crippen molar-refractivity contribution in [1.82, 2.24) is 0 Å². The molecule has 1 atom stereocenters. The van der Waals surface area contributed by atoms with E-state index in [1.54, 1.807) is 6.92 Å². The quantitative estimate of drug-likeness (QED) is 0.679. The maximum absolute atomic E-state index is 11.3. The summed E-state index contributed by atoms with van der Waals surface area (Å²) in [6.45, 7) is 1.57. The van der Waals surface area contributed by atoms with E-state index >= 15 is 0 Å². The predicted octanol–water partition coefficient (Wildman–Crippen LogP) is 1.49. The number of hydrogen-bond donors (Lipinski definition) is 1. The normalized spacial score (nSPS) is 21.1. The molecule has 13 heavy (non-hydrogen) atoms. The van der Waals surface area contributed by atoms with Crippen LogP contribution in [0.25, 0.3) is 0 Å². The van der Waals surface area contributed by atoms with Gasteiger partial charge in [-0.05, 0) is 32.6 Å². The Morgan fingerprint density at radius 3 is 2.62 bits per heavy atom. The second-order valence-corrected chi connectivity index (χ2v) is 3.78. The first-order chi connectivity index (χ1) is 6.24. The van der Waals surface area contributed by atoms with Crippen LogP contribution in [0.3, 0.4) is 0 Å². The van der Waals surface area contributed by atoms with Crippen molar-refractivity contribution in [2.24, 2.45) is 5.92 Å². The van der Waals surface area contributed by atoms with Crippen molar-refractivity contribution in [1.29, 1.82) is 0 Å². The fraction of sp³-hybridized carbons (Fsp3) is 0.900. The molecule has 3 heteroatoms. The number of ether oxygens (including phenoxy) is 1. The number of carbonyl (C=O) groups excluding carboxylic acids is 1. The van der Waals surface area contributed by atoms with Gasteiger partial charge >= 0.3 is 5.97 Å². The zero-order chi connectivity index (χ0) is 9.68. The van der Waals surface area contributed by atoms with Gasteiger partial charge in [0.2, 0.25) is 0 Å². The van der Waals surface area contributed by atoms with Crippen molar-refractivity contribution in [3.8, 4) is 0 Å². The Balaban J connectivity index is 2.26. The van der Waals surface area contributed by atoms with Gasteiger partial charge in [0.25, 0.3) is 0 Å². The zero-order valence-electron chi connectivity index (χ0n) is 8.16. The van der Waals surface area contributed by atoms with Gasteiger partial charge in [-0.25, -0.2) is 0 Å². The smallest absolute Gasteiger partial charge is 0.311 e. The Morgan fingerprint density at radius 1 is 1.46 bits per heavy atom. The fourth-order valence-electron chi connectivity index (χ4n) is 1.54. The van der Waals surface area contributed by atoms with Crippen LogP contribution in [-0.4, -0.2) is 23.8 Å². The molecule has 0 aromatic heterocycles. The van der Waals surface area contributed by atoms with Gasteiger partial charge in [0.1, 0.15) is 6.10 Å². The molecule has 1 aliphatic carbocycles. The third-order valence-electron chi connectivity index (χ3n) is 2.51. The molecule has 0 aliphatic heterocycles. The second kappa shape index (κ2) is 5.22. The maximum atomic E-state index is 11.3. The first kappa shape index (κ1) is 10.5. The Hall–Kier alpha value is -0.570. The van der Waals surface area contributed by atoms with Gasteiger partial charge in [0, 0.05) is 0 Å². The van der Waals surface area contributed by atoms with Crippen molar-refractivity contribution in [2.45, 2.75) is 45.1 Å². The van der Waals surface area contributed by atoms with E-state index in [9.17, 15) is 4.79 Å². The summed E-state index contributed by atoms with van der Waals surface area (Å²) < 4.78 is 5.25. The van der Waals surface area contributed by atoms with Gasteiger partial charge in [0.05, 0.1) is 12.5 Å². The Bertz CT molecular complexity index is 162. The summed E-state index contributed by atoms with van der Waals surface area (Å²) >= 11 is 0. The lowest BCUT2D eigenvalue weighted by molar-refractivity contribution is -0.156. The first-order valence-corrected chi connectivity index (χ1v) is 5.05. The SMILES string of the molecule is C[C@@H](CO)C(=O)OC1CCCCC1. The topological polar surface area (TPSA) is 46.5 Å². The largest absolute Gasteiger partial charge is 0.462 e. The summed E-state index contributed by atoms with van der Waals surface area (Å²) in [4.78, 5) is 11.3. The third-order valence-corrected chi connectivity index (χ3v) is 2.51. The van der Waals surface area contributed by atoms with Crippen LogP contribution >= 0.6 is 0 Å². The number of rotatable bonds is 3. The number of aliphatic hydroxyl groups excluding tert-OH is 1. The molecule has 0 bridgehead atoms. The number of esters is 1. The summed E-state index contributed by atoms with van der Waals surface area (Å²) in [6, 6.07) is 0. The summed E-state index contributed by atoms with van der Waals surface area (Å²) in [5.74, 6) is -0.628. The van der Waals surface area contributed by atoms with Gasteiger partial charge in [-0.1, -0.05) is 6.42 Å². The molecule has 0 unspecified atom stereocenters. The molecule has 1 N–H and O–H groups in total. The molecule has 1 rings (SSSR count). The van der Waals surface area contributed by atoms with E-state index in [-0.39, 0.29) is 24.6 Å². The molecule has 0 aromatic carbocycles. The lowest BCUT2D eigenvalue weighted by Gasteiger charge is -2.22. The van der Waals surface area contributed by atoms with Gasteiger partial charge < -0.3 is 9.84 Å². The minimum absolute atomic E-state index is 0.107. The van der Waals surface area contributed by atoms with Crippen LogP contribution in [0, 0.1) is 5.92 Å². The highest BCUT2D eigenvalue weighted by Gasteiger charge is 2.20. The lowest BCUT2D eigenvalue weighted by atomic mass is 9.98. The second-order valence-electron chi connectivity index (χ2n) is 3.78. The van der Waals surface area contributed by atoms with Gasteiger partial charge in [0.15, 0.2) is 0 Å². The minimum Gasteiger partial charge on any atom is -0.462 e. The molecule has 0 aromatic rings. The molecule has 0 radical (unpaired) electrons. The zero-order valence-corrected chi connectivity index (χ0v) is 8.16. The van der Waals surface area contributed by atoms with Crippen molar-refractivity contribution < 1.29 is 14.6 Å². The Labute approximate surface area is 79.1 Å². The van der Waals surface area contributed by atoms with Crippen LogP contribution in [0.4, 0.5) is 0 Å². The van der Waals surface area contributed by atoms with Crippen LogP contribution in [0.2, 0.25) is 0 Å². The van der Waals surface area contributed by atoms with E-state index < -0.39 is 0 Å². The lowest BCUT2D eigenvalue weighted by Crippen LogP contribution is -2.26. The van der Waals surface area contributed by atoms with Crippen molar-refractivity contribution >= 4 is 5.97 Å². The highest BCUT2D eigenvalue weighted by Crippen LogP contribution is 2.21. The standard InChI is InChI=1S/C10H18O3/c1-8(7-11)10(12)13-9-5-3-2-4-6-9/h8-9,11H,2-7H2,1H3/t8-/m0/s1. The van der Waals surface area contributed by atoms with Gasteiger partial charge in [-0.15, -0.1) is 0 Å². The van der Waals surface area contributed by atoms with Crippen molar-refractivity contribution in [3.05, 3.63) is 0 Å². The molecule has 0 spiro atoms. The number of hydrogen-bond acceptors (Lipinski definition) is 3. The molecular weight excluding hydrogens is 168 g/mol. The van der Waals surface area contributed by atoms with Crippen LogP contribution in [0.1, 0.15) is 39.0 Å². The van der Waals surface area contributed by atoms with Gasteiger partial charge in [-0.2, -0.15) is 0 Å². The first-order valence-electron chi connectivity index (χ1n) is 5.05. The van der Waals surface area contributed by atoms with Crippen LogP contribution < -0.4 is 0 Å². The Morgan fingerprint density at radius 2 is 2.08 bits per heavy atom. The van der Waals surface area contributed by atoms with E-state index in [1.165, 1.54) is 6.42 Å². The third kappa shape index (κ3) is 3.35. The molecule has 3 nitrogen and oxygen atoms in total. The molecule has 1 aliphatic rings. The van der Waals surface area contributed by atoms with Crippen molar-refractivity contribution in [2.75, 3.05) is 6.61 Å². The molecule has 0 saturated heterocycles. The number of carbonyl (C=O) groups is 1. The molecule has 1 saturated carbocycles. The Kier molecular flexibility index (Phi) is 4.22. The molecular formula is C10H18O3. The highest BCUT2D eigenvalue weighted by molar-refractivity contribution is 5.72. The minimum atomic E-state index is -0.373. The molecule has 1 fully saturated rings.